The minimum absolute atomic E-state index is 0.0663. The monoisotopic (exact) mass is 211 g/mol. The van der Waals surface area contributed by atoms with Gasteiger partial charge in [0, 0.05) is 13.5 Å². The molecular formula is C9H17N5O. The van der Waals surface area contributed by atoms with Crippen molar-refractivity contribution in [3.63, 3.8) is 0 Å². The number of carbonyl (C=O) groups is 1. The molecule has 1 aromatic heterocycles. The molecule has 1 heterocycles. The summed E-state index contributed by atoms with van der Waals surface area (Å²) in [4.78, 5) is 15.4. The lowest BCUT2D eigenvalue weighted by Gasteiger charge is -2.11. The molecule has 1 rings (SSSR count). The highest BCUT2D eigenvalue weighted by atomic mass is 16.1. The smallest absolute Gasteiger partial charge is 0.227 e. The number of aryl methyl sites for hydroxylation is 1. The molecule has 3 N–H and O–H groups in total. The molecule has 0 spiro atoms. The van der Waals surface area contributed by atoms with Gasteiger partial charge in [0.2, 0.25) is 11.9 Å². The third-order valence-corrected chi connectivity index (χ3v) is 2.35. The highest BCUT2D eigenvalue weighted by Gasteiger charge is 2.12. The normalized spacial score (nSPS) is 12.5. The van der Waals surface area contributed by atoms with Gasteiger partial charge in [0.15, 0.2) is 0 Å². The number of hydrogen-bond acceptors (Lipinski definition) is 4. The molecule has 1 amide bonds. The number of nitrogens with two attached hydrogens (primary N) is 1. The Morgan fingerprint density at radius 1 is 1.73 bits per heavy atom. The van der Waals surface area contributed by atoms with Gasteiger partial charge < -0.3 is 5.73 Å². The fraction of sp³-hybridized carbons (Fsp3) is 0.667. The number of amides is 1. The molecule has 0 aliphatic rings. The fourth-order valence-corrected chi connectivity index (χ4v) is 1.24. The summed E-state index contributed by atoms with van der Waals surface area (Å²) in [7, 11) is 1.73. The van der Waals surface area contributed by atoms with Crippen LogP contribution in [0.1, 0.15) is 19.8 Å². The van der Waals surface area contributed by atoms with Crippen molar-refractivity contribution in [3.05, 3.63) is 6.33 Å². The molecule has 0 radical (unpaired) electrons. The van der Waals surface area contributed by atoms with Crippen molar-refractivity contribution >= 4 is 11.9 Å². The first-order valence-electron chi connectivity index (χ1n) is 5.01. The minimum atomic E-state index is -0.0663. The maximum atomic E-state index is 11.5. The van der Waals surface area contributed by atoms with Gasteiger partial charge in [-0.25, -0.2) is 4.68 Å². The van der Waals surface area contributed by atoms with Gasteiger partial charge >= 0.3 is 0 Å². The summed E-state index contributed by atoms with van der Waals surface area (Å²) in [5.74, 6) is 0.633. The summed E-state index contributed by atoms with van der Waals surface area (Å²) >= 11 is 0. The van der Waals surface area contributed by atoms with Gasteiger partial charge in [-0.05, 0) is 12.5 Å². The standard InChI is InChI=1S/C9H17N5O/c1-3-7(5-10)4-8(15)13-9-11-6-12-14(9)2/h6-7H,3-5,10H2,1-2H3,(H,11,12,13,15). The van der Waals surface area contributed by atoms with Gasteiger partial charge in [-0.3, -0.25) is 10.1 Å². The van der Waals surface area contributed by atoms with Gasteiger partial charge in [0.1, 0.15) is 6.33 Å². The molecule has 84 valence electrons. The van der Waals surface area contributed by atoms with Crippen LogP contribution in [0.4, 0.5) is 5.95 Å². The summed E-state index contributed by atoms with van der Waals surface area (Å²) in [6.45, 7) is 2.55. The lowest BCUT2D eigenvalue weighted by molar-refractivity contribution is -0.117. The van der Waals surface area contributed by atoms with Gasteiger partial charge in [0.05, 0.1) is 0 Å². The number of nitrogens with zero attached hydrogens (tertiary/aromatic N) is 3. The van der Waals surface area contributed by atoms with E-state index in [2.05, 4.69) is 15.4 Å². The molecule has 0 saturated carbocycles. The summed E-state index contributed by atoms with van der Waals surface area (Å²) in [6, 6.07) is 0. The molecule has 0 fully saturated rings. The van der Waals surface area contributed by atoms with Crippen molar-refractivity contribution in [3.8, 4) is 0 Å². The number of carbonyl (C=O) groups excluding carboxylic acids is 1. The van der Waals surface area contributed by atoms with E-state index in [9.17, 15) is 4.79 Å². The molecule has 0 aliphatic carbocycles. The highest BCUT2D eigenvalue weighted by Crippen LogP contribution is 2.08. The van der Waals surface area contributed by atoms with Crippen molar-refractivity contribution in [2.45, 2.75) is 19.8 Å². The number of anilines is 1. The van der Waals surface area contributed by atoms with Crippen LogP contribution < -0.4 is 11.1 Å². The maximum Gasteiger partial charge on any atom is 0.227 e. The van der Waals surface area contributed by atoms with Gasteiger partial charge in [-0.2, -0.15) is 10.1 Å². The minimum Gasteiger partial charge on any atom is -0.330 e. The first-order chi connectivity index (χ1) is 7.17. The molecule has 0 aliphatic heterocycles. The maximum absolute atomic E-state index is 11.5. The summed E-state index contributed by atoms with van der Waals surface area (Å²) in [5.41, 5.74) is 5.52. The Kier molecular flexibility index (Phi) is 4.23. The van der Waals surface area contributed by atoms with Gasteiger partial charge in [-0.15, -0.1) is 0 Å². The van der Waals surface area contributed by atoms with E-state index in [0.29, 0.717) is 18.9 Å². The van der Waals surface area contributed by atoms with Crippen LogP contribution in [0.3, 0.4) is 0 Å². The summed E-state index contributed by atoms with van der Waals surface area (Å²) in [6.07, 6.45) is 2.73. The second kappa shape index (κ2) is 5.45. The lowest BCUT2D eigenvalue weighted by Crippen LogP contribution is -2.22. The van der Waals surface area contributed by atoms with E-state index in [0.717, 1.165) is 6.42 Å². The third-order valence-electron chi connectivity index (χ3n) is 2.35. The average molecular weight is 211 g/mol. The van der Waals surface area contributed by atoms with Crippen molar-refractivity contribution in [2.24, 2.45) is 18.7 Å². The van der Waals surface area contributed by atoms with Crippen LogP contribution in [0.5, 0.6) is 0 Å². The number of hydrogen-bond donors (Lipinski definition) is 2. The molecule has 0 saturated heterocycles. The SMILES string of the molecule is CCC(CN)CC(=O)Nc1ncnn1C. The fourth-order valence-electron chi connectivity index (χ4n) is 1.24. The number of nitrogens with one attached hydrogen (secondary N) is 1. The molecule has 0 aromatic carbocycles. The van der Waals surface area contributed by atoms with E-state index in [-0.39, 0.29) is 11.8 Å². The van der Waals surface area contributed by atoms with Crippen LogP contribution in [0.25, 0.3) is 0 Å². The van der Waals surface area contributed by atoms with Crippen LogP contribution in [-0.4, -0.2) is 27.2 Å². The Hall–Kier alpha value is -1.43. The summed E-state index contributed by atoms with van der Waals surface area (Å²) < 4.78 is 1.52. The third kappa shape index (κ3) is 3.32. The van der Waals surface area contributed by atoms with Crippen LogP contribution in [0.15, 0.2) is 6.33 Å². The van der Waals surface area contributed by atoms with E-state index in [1.807, 2.05) is 6.92 Å². The Morgan fingerprint density at radius 2 is 2.47 bits per heavy atom. The second-order valence-corrected chi connectivity index (χ2v) is 3.47. The topological polar surface area (TPSA) is 85.8 Å². The lowest BCUT2D eigenvalue weighted by atomic mass is 10.0. The van der Waals surface area contributed by atoms with Crippen LogP contribution in [0, 0.1) is 5.92 Å². The van der Waals surface area contributed by atoms with Gasteiger partial charge in [-0.1, -0.05) is 13.3 Å². The molecule has 15 heavy (non-hydrogen) atoms. The first-order valence-corrected chi connectivity index (χ1v) is 5.01. The Balaban J connectivity index is 2.46. The predicted molar refractivity (Wildman–Crippen MR) is 57.1 cm³/mol. The molecule has 6 nitrogen and oxygen atoms in total. The zero-order chi connectivity index (χ0) is 11.3. The van der Waals surface area contributed by atoms with Crippen molar-refractivity contribution in [1.29, 1.82) is 0 Å². The van der Waals surface area contributed by atoms with E-state index in [1.54, 1.807) is 7.05 Å². The van der Waals surface area contributed by atoms with E-state index in [1.165, 1.54) is 11.0 Å². The van der Waals surface area contributed by atoms with Crippen LogP contribution in [0.2, 0.25) is 0 Å². The van der Waals surface area contributed by atoms with E-state index >= 15 is 0 Å². The van der Waals surface area contributed by atoms with Gasteiger partial charge in [0.25, 0.3) is 0 Å². The second-order valence-electron chi connectivity index (χ2n) is 3.47. The number of rotatable bonds is 5. The Morgan fingerprint density at radius 3 is 2.93 bits per heavy atom. The van der Waals surface area contributed by atoms with Crippen molar-refractivity contribution < 1.29 is 4.79 Å². The van der Waals surface area contributed by atoms with Crippen molar-refractivity contribution in [2.75, 3.05) is 11.9 Å². The quantitative estimate of drug-likeness (QED) is 0.724. The number of aromatic nitrogens is 3. The molecular weight excluding hydrogens is 194 g/mol. The largest absolute Gasteiger partial charge is 0.330 e. The van der Waals surface area contributed by atoms with E-state index in [4.69, 9.17) is 5.73 Å². The average Bonchev–Trinajstić information content (AvgIpc) is 2.61. The molecule has 0 bridgehead atoms. The summed E-state index contributed by atoms with van der Waals surface area (Å²) in [5, 5.41) is 6.54. The predicted octanol–water partition coefficient (Wildman–Crippen LogP) is 0.129. The zero-order valence-electron chi connectivity index (χ0n) is 9.10. The Bertz CT molecular complexity index is 318. The highest BCUT2D eigenvalue weighted by molar-refractivity contribution is 5.89. The zero-order valence-corrected chi connectivity index (χ0v) is 9.10. The van der Waals surface area contributed by atoms with E-state index < -0.39 is 0 Å². The molecule has 1 unspecified atom stereocenters. The first kappa shape index (κ1) is 11.6. The molecule has 6 heteroatoms. The van der Waals surface area contributed by atoms with Crippen LogP contribution >= 0.6 is 0 Å². The molecule has 1 atom stereocenters. The molecule has 1 aromatic rings. The Labute approximate surface area is 88.9 Å². The van der Waals surface area contributed by atoms with Crippen LogP contribution in [-0.2, 0) is 11.8 Å². The van der Waals surface area contributed by atoms with Crippen molar-refractivity contribution in [1.82, 2.24) is 14.8 Å².